The second-order valence-electron chi connectivity index (χ2n) is 24.6. The van der Waals surface area contributed by atoms with E-state index < -0.39 is 16.1 Å². The fraction of sp³-hybridized carbons (Fsp3) is 0. The molecule has 0 fully saturated rings. The van der Waals surface area contributed by atoms with Gasteiger partial charge in [-0.25, -0.2) is 19.5 Å². The van der Waals surface area contributed by atoms with E-state index in [2.05, 4.69) is 368 Å². The van der Waals surface area contributed by atoms with Gasteiger partial charge < -0.3 is 4.57 Å². The maximum Gasteiger partial charge on any atom is 0.239 e. The zero-order chi connectivity index (χ0) is 62.6. The molecule has 0 aliphatic carbocycles. The van der Waals surface area contributed by atoms with Gasteiger partial charge in [0.2, 0.25) is 17.5 Å². The highest BCUT2D eigenvalue weighted by atomic mass is 28.3. The van der Waals surface area contributed by atoms with Gasteiger partial charge in [-0.1, -0.05) is 267 Å². The Morgan fingerprint density at radius 2 is 0.600 bits per heavy atom. The quantitative estimate of drug-likeness (QED) is 0.0902. The van der Waals surface area contributed by atoms with Gasteiger partial charge in [0.1, 0.15) is 5.82 Å². The van der Waals surface area contributed by atoms with Crippen molar-refractivity contribution >= 4 is 135 Å². The lowest BCUT2D eigenvalue weighted by Crippen LogP contribution is -2.74. The molecule has 0 radical (unpaired) electrons. The number of rotatable bonds is 12. The van der Waals surface area contributed by atoms with E-state index >= 15 is 0 Å². The smallest absolute Gasteiger partial charge is 0.239 e. The van der Waals surface area contributed by atoms with Gasteiger partial charge in [0.15, 0.2) is 16.1 Å². The van der Waals surface area contributed by atoms with Crippen molar-refractivity contribution in [2.24, 2.45) is 0 Å². The van der Waals surface area contributed by atoms with Crippen LogP contribution in [0, 0.1) is 0 Å². The van der Waals surface area contributed by atoms with Crippen LogP contribution >= 0.6 is 0 Å². The number of imidazole rings is 4. The summed E-state index contributed by atoms with van der Waals surface area (Å²) in [5, 5.41) is 12.8. The van der Waals surface area contributed by atoms with E-state index in [9.17, 15) is 0 Å². The minimum atomic E-state index is -2.94. The predicted molar refractivity (Wildman–Crippen MR) is 395 cm³/mol. The number of aromatic nitrogens is 9. The molecule has 0 saturated heterocycles. The first-order chi connectivity index (χ1) is 47.1. The predicted octanol–water partition coefficient (Wildman–Crippen LogP) is 13.5. The summed E-state index contributed by atoms with van der Waals surface area (Å²) in [6.07, 6.45) is 0. The monoisotopic (exact) mass is 1250 g/mol. The van der Waals surface area contributed by atoms with Crippen molar-refractivity contribution in [2.75, 3.05) is 0 Å². The van der Waals surface area contributed by atoms with Crippen molar-refractivity contribution in [3.8, 4) is 28.7 Å². The lowest BCUT2D eigenvalue weighted by atomic mass is 10.1. The van der Waals surface area contributed by atoms with Crippen molar-refractivity contribution in [1.29, 1.82) is 0 Å². The Hall–Kier alpha value is -12.3. The molecule has 0 aliphatic heterocycles. The van der Waals surface area contributed by atoms with Gasteiger partial charge >= 0.3 is 0 Å². The van der Waals surface area contributed by atoms with Crippen molar-refractivity contribution < 1.29 is 0 Å². The Morgan fingerprint density at radius 3 is 1.03 bits per heavy atom. The molecule has 0 unspecified atom stereocenters. The van der Waals surface area contributed by atoms with Gasteiger partial charge in [0.05, 0.1) is 60.9 Å². The molecule has 6 heterocycles. The van der Waals surface area contributed by atoms with Crippen LogP contribution in [0.1, 0.15) is 0 Å². The normalized spacial score (nSPS) is 12.2. The molecular weight excluding hydrogens is 1190 g/mol. The van der Waals surface area contributed by atoms with Crippen LogP contribution in [0.2, 0.25) is 0 Å². The van der Waals surface area contributed by atoms with E-state index in [1.54, 1.807) is 0 Å². The molecule has 446 valence electrons. The maximum absolute atomic E-state index is 5.81. The first kappa shape index (κ1) is 54.4. The minimum Gasteiger partial charge on any atom is -0.309 e. The SMILES string of the molecule is c1ccc([Si](c2ccccc2)(c2ccccc2)c2ccc3nc4n(-c5cc(-c6cccc(-n7c8ccccc8c8ccccc87)c6)nc(-n6c7ccccc7n7c8cc([Si](c9ccccc9)(c9ccccc9)c9ccccc9)ccc8nc67)n5)c5ccccc5n4c3c2)cc1. The third-order valence-corrected chi connectivity index (χ3v) is 29.2. The second kappa shape index (κ2) is 21.7. The average Bonchev–Trinajstić information content (AvgIpc) is 1.67. The molecule has 0 saturated carbocycles. The first-order valence-corrected chi connectivity index (χ1v) is 36.3. The number of hydrogen-bond donors (Lipinski definition) is 0. The van der Waals surface area contributed by atoms with Gasteiger partial charge in [-0.3, -0.25) is 13.4 Å². The molecule has 9 nitrogen and oxygen atoms in total. The van der Waals surface area contributed by atoms with Gasteiger partial charge in [-0.2, -0.15) is 4.98 Å². The standard InChI is InChI=1S/C84H57N9Si2/c1-7-30-60(31-8-1)94(61-32-9-2-10-33-61,62-34-11-3-12-35-62)66-50-52-70-79(55-66)90-75-46-23-25-48-77(75)92(83(90)86-70)81-57-72(58-28-27-29-59(54-58)89-73-44-21-19-42-68(73)69-43-20-22-45-74(69)89)85-82(88-81)93-78-49-26-24-47-76(78)91-80-56-67(51-53-71(80)87-84(91)93)95(63-36-13-4-14-37-63,64-38-15-5-16-39-64)65-40-17-6-18-41-65/h1-57H. The summed E-state index contributed by atoms with van der Waals surface area (Å²) in [5.74, 6) is 2.58. The van der Waals surface area contributed by atoms with E-state index in [1.165, 1.54) is 52.3 Å². The Kier molecular flexibility index (Phi) is 12.4. The van der Waals surface area contributed by atoms with Crippen molar-refractivity contribution in [3.05, 3.63) is 346 Å². The lowest BCUT2D eigenvalue weighted by Gasteiger charge is -2.34. The molecule has 11 heteroatoms. The van der Waals surface area contributed by atoms with Crippen LogP contribution in [0.3, 0.4) is 0 Å². The van der Waals surface area contributed by atoms with Crippen LogP contribution in [-0.2, 0) is 0 Å². The molecule has 0 N–H and O–H groups in total. The van der Waals surface area contributed by atoms with Gasteiger partial charge in [-0.15, -0.1) is 0 Å². The Bertz CT molecular complexity index is 5620. The van der Waals surface area contributed by atoms with Crippen LogP contribution in [0.15, 0.2) is 346 Å². The Morgan fingerprint density at radius 1 is 0.232 bits per heavy atom. The number of nitrogens with zero attached hydrogens (tertiary/aromatic N) is 9. The number of benzene rings is 13. The summed E-state index contributed by atoms with van der Waals surface area (Å²) in [5.41, 5.74) is 12.6. The van der Waals surface area contributed by atoms with Gasteiger partial charge in [0, 0.05) is 28.1 Å². The third-order valence-electron chi connectivity index (χ3n) is 19.6. The van der Waals surface area contributed by atoms with Gasteiger partial charge in [0.25, 0.3) is 0 Å². The summed E-state index contributed by atoms with van der Waals surface area (Å²) in [6, 6.07) is 126. The molecule has 0 amide bonds. The van der Waals surface area contributed by atoms with E-state index in [0.29, 0.717) is 17.5 Å². The summed E-state index contributed by atoms with van der Waals surface area (Å²) >= 11 is 0. The van der Waals surface area contributed by atoms with Crippen LogP contribution < -0.4 is 41.5 Å². The highest BCUT2D eigenvalue weighted by Gasteiger charge is 2.43. The van der Waals surface area contributed by atoms with E-state index in [0.717, 1.165) is 77.9 Å². The molecule has 0 aliphatic rings. The summed E-state index contributed by atoms with van der Waals surface area (Å²) in [7, 11) is -5.88. The van der Waals surface area contributed by atoms with E-state index in [4.69, 9.17) is 19.9 Å². The number of hydrogen-bond acceptors (Lipinski definition) is 4. The molecule has 0 atom stereocenters. The van der Waals surface area contributed by atoms with Crippen LogP contribution in [0.4, 0.5) is 0 Å². The molecule has 19 rings (SSSR count). The lowest BCUT2D eigenvalue weighted by molar-refractivity contribution is 0.930. The molecule has 0 spiro atoms. The zero-order valence-electron chi connectivity index (χ0n) is 51.4. The van der Waals surface area contributed by atoms with Crippen LogP contribution in [0.25, 0.3) is 106 Å². The van der Waals surface area contributed by atoms with Crippen LogP contribution in [-0.4, -0.2) is 58.6 Å². The number of fused-ring (bicyclic) bond motifs is 13. The molecule has 0 bridgehead atoms. The summed E-state index contributed by atoms with van der Waals surface area (Å²) in [6.45, 7) is 0. The topological polar surface area (TPSA) is 75.2 Å². The highest BCUT2D eigenvalue weighted by Crippen LogP contribution is 2.37. The molecule has 13 aromatic carbocycles. The molecular formula is C84H57N9Si2. The maximum atomic E-state index is 5.81. The fourth-order valence-electron chi connectivity index (χ4n) is 15.6. The molecule has 19 aromatic rings. The van der Waals surface area contributed by atoms with Crippen molar-refractivity contribution in [2.45, 2.75) is 0 Å². The molecule has 6 aromatic heterocycles. The van der Waals surface area contributed by atoms with E-state index in [-0.39, 0.29) is 0 Å². The average molecular weight is 1250 g/mol. The van der Waals surface area contributed by atoms with Crippen molar-refractivity contribution in [3.63, 3.8) is 0 Å². The van der Waals surface area contributed by atoms with Crippen LogP contribution in [0.5, 0.6) is 0 Å². The molecule has 95 heavy (non-hydrogen) atoms. The Labute approximate surface area is 548 Å². The van der Waals surface area contributed by atoms with Crippen molar-refractivity contribution in [1.82, 2.24) is 42.4 Å². The second-order valence-corrected chi connectivity index (χ2v) is 32.2. The fourth-order valence-corrected chi connectivity index (χ4v) is 25.1. The zero-order valence-corrected chi connectivity index (χ0v) is 53.4. The largest absolute Gasteiger partial charge is 0.309 e. The Balaban J connectivity index is 0.873. The van der Waals surface area contributed by atoms with E-state index in [1.807, 2.05) is 0 Å². The first-order valence-electron chi connectivity index (χ1n) is 32.3. The highest BCUT2D eigenvalue weighted by molar-refractivity contribution is 7.20. The third kappa shape index (κ3) is 8.19. The summed E-state index contributed by atoms with van der Waals surface area (Å²) in [4.78, 5) is 22.8. The number of para-hydroxylation sites is 6. The summed E-state index contributed by atoms with van der Waals surface area (Å²) < 4.78 is 11.4. The van der Waals surface area contributed by atoms with Gasteiger partial charge in [-0.05, 0) is 114 Å². The minimum absolute atomic E-state index is 0.474.